The maximum Gasteiger partial charge on any atom is 0.135 e. The van der Waals surface area contributed by atoms with Gasteiger partial charge in [-0.2, -0.15) is 0 Å². The van der Waals surface area contributed by atoms with Crippen molar-refractivity contribution in [2.24, 2.45) is 0 Å². The fourth-order valence-electron chi connectivity index (χ4n) is 8.51. The average molecular weight is 766 g/mol. The van der Waals surface area contributed by atoms with Gasteiger partial charge in [-0.3, -0.25) is 0 Å². The van der Waals surface area contributed by atoms with E-state index in [1.807, 2.05) is 0 Å². The first-order chi connectivity index (χ1) is 29.7. The molecule has 0 fully saturated rings. The van der Waals surface area contributed by atoms with Crippen molar-refractivity contribution in [3.63, 3.8) is 0 Å². The largest absolute Gasteiger partial charge is 0.456 e. The van der Waals surface area contributed by atoms with Crippen molar-refractivity contribution in [2.75, 3.05) is 4.90 Å². The van der Waals surface area contributed by atoms with E-state index < -0.39 is 0 Å². The van der Waals surface area contributed by atoms with Gasteiger partial charge in [0.05, 0.1) is 0 Å². The van der Waals surface area contributed by atoms with Gasteiger partial charge in [0.2, 0.25) is 0 Å². The van der Waals surface area contributed by atoms with E-state index in [9.17, 15) is 0 Å². The van der Waals surface area contributed by atoms with E-state index in [2.05, 4.69) is 241 Å². The molecule has 0 amide bonds. The third-order valence-corrected chi connectivity index (χ3v) is 11.7. The fraction of sp³-hybridized carbons (Fsp3) is 0. The number of benzene rings is 10. The standard InChI is InChI=1S/C58H39NO/c1-4-11-40(12-5-1)42-19-21-44(22-20-42)50-28-33-57-55(38-50)56-39-51(29-34-58(56)60-57)46-16-10-15-45(35-46)47-23-24-49-37-54(32-27-48(49)36-47)59(52-17-8-3-9-18-52)53-30-25-43(26-31-53)41-13-6-2-7-14-41/h1-39H. The van der Waals surface area contributed by atoms with Crippen molar-refractivity contribution in [3.8, 4) is 55.6 Å². The first kappa shape index (κ1) is 35.2. The highest BCUT2D eigenvalue weighted by Crippen LogP contribution is 2.39. The van der Waals surface area contributed by atoms with Crippen LogP contribution >= 0.6 is 0 Å². The van der Waals surface area contributed by atoms with Crippen molar-refractivity contribution < 1.29 is 4.42 Å². The van der Waals surface area contributed by atoms with Crippen molar-refractivity contribution in [2.45, 2.75) is 0 Å². The number of nitrogens with zero attached hydrogens (tertiary/aromatic N) is 1. The molecule has 0 bridgehead atoms. The molecule has 60 heavy (non-hydrogen) atoms. The Balaban J connectivity index is 0.891. The minimum absolute atomic E-state index is 0.894. The van der Waals surface area contributed by atoms with Crippen molar-refractivity contribution >= 4 is 49.8 Å². The van der Waals surface area contributed by atoms with E-state index >= 15 is 0 Å². The van der Waals surface area contributed by atoms with Crippen LogP contribution in [-0.2, 0) is 0 Å². The van der Waals surface area contributed by atoms with Crippen LogP contribution in [-0.4, -0.2) is 0 Å². The smallest absolute Gasteiger partial charge is 0.135 e. The zero-order valence-electron chi connectivity index (χ0n) is 32.9. The monoisotopic (exact) mass is 765 g/mol. The molecule has 0 unspecified atom stereocenters. The molecule has 0 radical (unpaired) electrons. The zero-order valence-corrected chi connectivity index (χ0v) is 32.9. The van der Waals surface area contributed by atoms with Crippen LogP contribution in [0.4, 0.5) is 17.1 Å². The van der Waals surface area contributed by atoms with Crippen LogP contribution in [0.25, 0.3) is 88.3 Å². The summed E-state index contributed by atoms with van der Waals surface area (Å²) in [6.45, 7) is 0. The second kappa shape index (κ2) is 15.1. The Morgan fingerprint density at radius 3 is 1.20 bits per heavy atom. The summed E-state index contributed by atoms with van der Waals surface area (Å²) in [4.78, 5) is 2.33. The lowest BCUT2D eigenvalue weighted by molar-refractivity contribution is 0.669. The number of hydrogen-bond acceptors (Lipinski definition) is 2. The van der Waals surface area contributed by atoms with Gasteiger partial charge < -0.3 is 9.32 Å². The van der Waals surface area contributed by atoms with E-state index in [1.54, 1.807) is 0 Å². The molecule has 0 spiro atoms. The van der Waals surface area contributed by atoms with Crippen LogP contribution in [0, 0.1) is 0 Å². The van der Waals surface area contributed by atoms with E-state index in [0.717, 1.165) is 44.6 Å². The van der Waals surface area contributed by atoms with Crippen LogP contribution in [0.3, 0.4) is 0 Å². The molecule has 2 nitrogen and oxygen atoms in total. The summed E-state index contributed by atoms with van der Waals surface area (Å²) < 4.78 is 6.34. The van der Waals surface area contributed by atoms with Gasteiger partial charge in [0.1, 0.15) is 11.2 Å². The summed E-state index contributed by atoms with van der Waals surface area (Å²) >= 11 is 0. The summed E-state index contributed by atoms with van der Waals surface area (Å²) in [5, 5.41) is 4.63. The van der Waals surface area contributed by atoms with Crippen molar-refractivity contribution in [1.29, 1.82) is 0 Å². The van der Waals surface area contributed by atoms with Gasteiger partial charge in [0.25, 0.3) is 0 Å². The molecule has 11 rings (SSSR count). The molecule has 0 N–H and O–H groups in total. The topological polar surface area (TPSA) is 16.4 Å². The van der Waals surface area contributed by atoms with Gasteiger partial charge in [-0.15, -0.1) is 0 Å². The van der Waals surface area contributed by atoms with Gasteiger partial charge >= 0.3 is 0 Å². The Bertz CT molecular complexity index is 3280. The van der Waals surface area contributed by atoms with Crippen molar-refractivity contribution in [3.05, 3.63) is 237 Å². The molecule has 0 saturated carbocycles. The van der Waals surface area contributed by atoms with E-state index in [1.165, 1.54) is 60.8 Å². The predicted molar refractivity (Wildman–Crippen MR) is 253 cm³/mol. The summed E-state index contributed by atoms with van der Waals surface area (Å²) in [5.41, 5.74) is 17.0. The van der Waals surface area contributed by atoms with Crippen LogP contribution in [0.5, 0.6) is 0 Å². The molecule has 11 aromatic rings. The van der Waals surface area contributed by atoms with Crippen LogP contribution in [0.1, 0.15) is 0 Å². The minimum atomic E-state index is 0.894. The second-order valence-corrected chi connectivity index (χ2v) is 15.4. The minimum Gasteiger partial charge on any atom is -0.456 e. The van der Waals surface area contributed by atoms with E-state index in [4.69, 9.17) is 4.42 Å². The van der Waals surface area contributed by atoms with E-state index in [0.29, 0.717) is 0 Å². The highest BCUT2D eigenvalue weighted by atomic mass is 16.3. The molecule has 0 aliphatic rings. The lowest BCUT2D eigenvalue weighted by atomic mass is 9.96. The highest BCUT2D eigenvalue weighted by Gasteiger charge is 2.15. The van der Waals surface area contributed by atoms with Crippen LogP contribution in [0.15, 0.2) is 241 Å². The predicted octanol–water partition coefficient (Wildman–Crippen LogP) is 16.5. The second-order valence-electron chi connectivity index (χ2n) is 15.4. The normalized spacial score (nSPS) is 11.3. The number of anilines is 3. The number of rotatable bonds is 8. The Labute approximate surface area is 349 Å². The quantitative estimate of drug-likeness (QED) is 0.153. The summed E-state index contributed by atoms with van der Waals surface area (Å²) in [7, 11) is 0. The number of fused-ring (bicyclic) bond motifs is 4. The average Bonchev–Trinajstić information content (AvgIpc) is 3.70. The maximum absolute atomic E-state index is 6.34. The first-order valence-electron chi connectivity index (χ1n) is 20.5. The summed E-state index contributed by atoms with van der Waals surface area (Å²) in [6.07, 6.45) is 0. The van der Waals surface area contributed by atoms with E-state index in [-0.39, 0.29) is 0 Å². The molecule has 0 aliphatic carbocycles. The third-order valence-electron chi connectivity index (χ3n) is 11.7. The molecule has 2 heteroatoms. The number of hydrogen-bond donors (Lipinski definition) is 0. The molecule has 1 heterocycles. The Kier molecular flexibility index (Phi) is 8.87. The highest BCUT2D eigenvalue weighted by molar-refractivity contribution is 6.08. The van der Waals surface area contributed by atoms with Crippen molar-refractivity contribution in [1.82, 2.24) is 0 Å². The number of furan rings is 1. The van der Waals surface area contributed by atoms with Gasteiger partial charge in [-0.25, -0.2) is 0 Å². The number of para-hydroxylation sites is 1. The van der Waals surface area contributed by atoms with Gasteiger partial charge in [0, 0.05) is 27.8 Å². The molecule has 10 aromatic carbocycles. The first-order valence-corrected chi connectivity index (χ1v) is 20.5. The molecule has 282 valence electrons. The third kappa shape index (κ3) is 6.70. The molecule has 0 atom stereocenters. The summed E-state index contributed by atoms with van der Waals surface area (Å²) in [6, 6.07) is 84.8. The lowest BCUT2D eigenvalue weighted by Crippen LogP contribution is -2.09. The molecule has 0 saturated heterocycles. The molecular formula is C58H39NO. The van der Waals surface area contributed by atoms with Crippen LogP contribution < -0.4 is 4.90 Å². The van der Waals surface area contributed by atoms with Gasteiger partial charge in [0.15, 0.2) is 0 Å². The maximum atomic E-state index is 6.34. The molecule has 0 aliphatic heterocycles. The Hall–Kier alpha value is -7.94. The summed E-state index contributed by atoms with van der Waals surface area (Å²) in [5.74, 6) is 0. The Morgan fingerprint density at radius 2 is 0.600 bits per heavy atom. The van der Waals surface area contributed by atoms with Crippen LogP contribution in [0.2, 0.25) is 0 Å². The molecular weight excluding hydrogens is 727 g/mol. The SMILES string of the molecule is c1ccc(-c2ccc(-c3ccc4oc5ccc(-c6cccc(-c7ccc8cc(N(c9ccccc9)c9ccc(-c%10ccccc%10)cc9)ccc8c7)c6)cc5c4c3)cc2)cc1. The molecule has 1 aromatic heterocycles. The Morgan fingerprint density at radius 1 is 0.233 bits per heavy atom. The fourth-order valence-corrected chi connectivity index (χ4v) is 8.51. The van der Waals surface area contributed by atoms with Gasteiger partial charge in [-0.1, -0.05) is 164 Å². The van der Waals surface area contributed by atoms with Gasteiger partial charge in [-0.05, 0) is 139 Å². The zero-order chi connectivity index (χ0) is 39.8. The lowest BCUT2D eigenvalue weighted by Gasteiger charge is -2.26.